The maximum absolute atomic E-state index is 12.8. The van der Waals surface area contributed by atoms with Crippen LogP contribution in [0.25, 0.3) is 0 Å². The van der Waals surface area contributed by atoms with Gasteiger partial charge in [0, 0.05) is 38.3 Å². The molecule has 3 heterocycles. The predicted octanol–water partition coefficient (Wildman–Crippen LogP) is 3.32. The molecule has 0 saturated carbocycles. The van der Waals surface area contributed by atoms with E-state index in [9.17, 15) is 4.79 Å². The molecule has 27 heavy (non-hydrogen) atoms. The summed E-state index contributed by atoms with van der Waals surface area (Å²) in [5, 5.41) is 3.19. The molecule has 0 radical (unpaired) electrons. The summed E-state index contributed by atoms with van der Waals surface area (Å²) in [6, 6.07) is 4.14. The van der Waals surface area contributed by atoms with Crippen LogP contribution in [0.4, 0.5) is 4.79 Å². The zero-order chi connectivity index (χ0) is 19.3. The van der Waals surface area contributed by atoms with Gasteiger partial charge in [0.25, 0.3) is 0 Å². The average molecular weight is 377 g/mol. The minimum absolute atomic E-state index is 0.0549. The molecule has 6 heteroatoms. The van der Waals surface area contributed by atoms with Gasteiger partial charge in [0.1, 0.15) is 5.76 Å². The van der Waals surface area contributed by atoms with Crippen molar-refractivity contribution in [2.45, 2.75) is 58.0 Å². The second kappa shape index (κ2) is 9.11. The van der Waals surface area contributed by atoms with Gasteiger partial charge >= 0.3 is 6.03 Å². The van der Waals surface area contributed by atoms with Gasteiger partial charge in [-0.3, -0.25) is 9.80 Å². The Hall–Kier alpha value is -1.53. The Bertz CT molecular complexity index is 576. The summed E-state index contributed by atoms with van der Waals surface area (Å²) in [6.07, 6.45) is 6.49. The molecule has 1 aromatic heterocycles. The third-order valence-corrected chi connectivity index (χ3v) is 5.88. The highest BCUT2D eigenvalue weighted by molar-refractivity contribution is 5.74. The van der Waals surface area contributed by atoms with Crippen molar-refractivity contribution in [3.05, 3.63) is 24.2 Å². The highest BCUT2D eigenvalue weighted by atomic mass is 16.3. The van der Waals surface area contributed by atoms with Crippen molar-refractivity contribution in [2.75, 3.05) is 45.8 Å². The number of carbonyl (C=O) groups is 1. The number of urea groups is 1. The zero-order valence-corrected chi connectivity index (χ0v) is 17.2. The van der Waals surface area contributed by atoms with Crippen molar-refractivity contribution in [1.82, 2.24) is 20.0 Å². The van der Waals surface area contributed by atoms with Crippen LogP contribution in [0, 0.1) is 0 Å². The Kier molecular flexibility index (Phi) is 6.82. The molecule has 2 aliphatic rings. The first-order valence-corrected chi connectivity index (χ1v) is 10.5. The molecule has 0 bridgehead atoms. The van der Waals surface area contributed by atoms with E-state index in [1.54, 1.807) is 6.26 Å². The van der Waals surface area contributed by atoms with Gasteiger partial charge in [-0.15, -0.1) is 0 Å². The summed E-state index contributed by atoms with van der Waals surface area (Å²) < 4.78 is 5.68. The molecule has 2 amide bonds. The van der Waals surface area contributed by atoms with Gasteiger partial charge in [-0.25, -0.2) is 4.79 Å². The van der Waals surface area contributed by atoms with E-state index < -0.39 is 0 Å². The van der Waals surface area contributed by atoms with Gasteiger partial charge in [-0.05, 0) is 65.3 Å². The Morgan fingerprint density at radius 2 is 1.85 bits per heavy atom. The molecule has 0 aromatic carbocycles. The topological polar surface area (TPSA) is 52.0 Å². The smallest absolute Gasteiger partial charge is 0.317 e. The van der Waals surface area contributed by atoms with Gasteiger partial charge < -0.3 is 14.6 Å². The van der Waals surface area contributed by atoms with Crippen LogP contribution in [-0.4, -0.2) is 72.1 Å². The van der Waals surface area contributed by atoms with Crippen LogP contribution in [0.1, 0.15) is 58.3 Å². The number of hydrogen-bond acceptors (Lipinski definition) is 4. The molecule has 1 N–H and O–H groups in total. The molecule has 152 valence electrons. The summed E-state index contributed by atoms with van der Waals surface area (Å²) in [7, 11) is 0. The molecule has 2 aliphatic heterocycles. The largest absolute Gasteiger partial charge is 0.468 e. The van der Waals surface area contributed by atoms with Crippen LogP contribution in [-0.2, 0) is 0 Å². The van der Waals surface area contributed by atoms with Crippen molar-refractivity contribution in [2.24, 2.45) is 0 Å². The van der Waals surface area contributed by atoms with E-state index in [2.05, 4.69) is 35.9 Å². The number of likely N-dealkylation sites (tertiary alicyclic amines) is 1. The van der Waals surface area contributed by atoms with E-state index in [1.807, 2.05) is 17.0 Å². The highest BCUT2D eigenvalue weighted by Crippen LogP contribution is 2.24. The third kappa shape index (κ3) is 5.48. The van der Waals surface area contributed by atoms with Crippen LogP contribution >= 0.6 is 0 Å². The number of nitrogens with zero attached hydrogens (tertiary/aromatic N) is 3. The van der Waals surface area contributed by atoms with Gasteiger partial charge in [0.05, 0.1) is 12.3 Å². The highest BCUT2D eigenvalue weighted by Gasteiger charge is 2.28. The number of hydrogen-bond donors (Lipinski definition) is 1. The number of rotatable bonds is 4. The number of piperidine rings is 1. The van der Waals surface area contributed by atoms with Crippen LogP contribution < -0.4 is 5.32 Å². The van der Waals surface area contributed by atoms with Gasteiger partial charge in [-0.1, -0.05) is 6.42 Å². The zero-order valence-electron chi connectivity index (χ0n) is 17.2. The quantitative estimate of drug-likeness (QED) is 0.876. The molecular formula is C21H36N4O2. The first-order valence-electron chi connectivity index (χ1n) is 10.5. The van der Waals surface area contributed by atoms with Crippen molar-refractivity contribution in [3.63, 3.8) is 0 Å². The third-order valence-electron chi connectivity index (χ3n) is 5.88. The molecule has 0 aliphatic carbocycles. The Morgan fingerprint density at radius 1 is 1.07 bits per heavy atom. The lowest BCUT2D eigenvalue weighted by Crippen LogP contribution is -2.47. The monoisotopic (exact) mass is 376 g/mol. The Morgan fingerprint density at radius 3 is 2.52 bits per heavy atom. The van der Waals surface area contributed by atoms with Crippen molar-refractivity contribution < 1.29 is 9.21 Å². The molecule has 3 rings (SSSR count). The number of carbonyl (C=O) groups excluding carboxylic acids is 1. The predicted molar refractivity (Wildman–Crippen MR) is 108 cm³/mol. The molecule has 6 nitrogen and oxygen atoms in total. The number of furan rings is 1. The molecule has 2 saturated heterocycles. The lowest BCUT2D eigenvalue weighted by molar-refractivity contribution is 0.135. The maximum Gasteiger partial charge on any atom is 0.317 e. The standard InChI is InChI=1S/C21H36N4O2/c1-21(2,3)25-13-8-12-24(14-15-25)20(26)22-17-18(19-9-7-16-27-19)23-10-5-4-6-11-23/h7,9,16,18H,4-6,8,10-15,17H2,1-3H3,(H,22,26). The Balaban J connectivity index is 1.56. The molecule has 1 atom stereocenters. The first-order chi connectivity index (χ1) is 12.9. The SMILES string of the molecule is CC(C)(C)N1CCCN(C(=O)NCC(c2ccco2)N2CCCCC2)CC1. The molecular weight excluding hydrogens is 340 g/mol. The number of amides is 2. The molecule has 1 unspecified atom stereocenters. The summed E-state index contributed by atoms with van der Waals surface area (Å²) in [5.41, 5.74) is 0.158. The minimum atomic E-state index is 0.0549. The van der Waals surface area contributed by atoms with Gasteiger partial charge in [0.2, 0.25) is 0 Å². The van der Waals surface area contributed by atoms with E-state index in [0.717, 1.165) is 51.4 Å². The van der Waals surface area contributed by atoms with Gasteiger partial charge in [-0.2, -0.15) is 0 Å². The van der Waals surface area contributed by atoms with Crippen LogP contribution in [0.15, 0.2) is 22.8 Å². The second-order valence-corrected chi connectivity index (χ2v) is 8.81. The van der Waals surface area contributed by atoms with Crippen molar-refractivity contribution in [3.8, 4) is 0 Å². The van der Waals surface area contributed by atoms with Crippen LogP contribution in [0.3, 0.4) is 0 Å². The van der Waals surface area contributed by atoms with Crippen molar-refractivity contribution >= 4 is 6.03 Å². The fourth-order valence-electron chi connectivity index (χ4n) is 4.21. The minimum Gasteiger partial charge on any atom is -0.468 e. The lowest BCUT2D eigenvalue weighted by Gasteiger charge is -2.35. The van der Waals surface area contributed by atoms with Gasteiger partial charge in [0.15, 0.2) is 0 Å². The van der Waals surface area contributed by atoms with Crippen LogP contribution in [0.5, 0.6) is 0 Å². The van der Waals surface area contributed by atoms with E-state index in [0.29, 0.717) is 6.54 Å². The van der Waals surface area contributed by atoms with E-state index >= 15 is 0 Å². The fraction of sp³-hybridized carbons (Fsp3) is 0.762. The van der Waals surface area contributed by atoms with E-state index in [-0.39, 0.29) is 17.6 Å². The average Bonchev–Trinajstić information content (AvgIpc) is 3.04. The Labute approximate surface area is 163 Å². The first kappa shape index (κ1) is 20.2. The molecule has 1 aromatic rings. The van der Waals surface area contributed by atoms with Crippen LogP contribution in [0.2, 0.25) is 0 Å². The second-order valence-electron chi connectivity index (χ2n) is 8.81. The number of nitrogens with one attached hydrogen (secondary N) is 1. The lowest BCUT2D eigenvalue weighted by atomic mass is 10.1. The maximum atomic E-state index is 12.8. The summed E-state index contributed by atoms with van der Waals surface area (Å²) in [6.45, 7) is 13.1. The summed E-state index contributed by atoms with van der Waals surface area (Å²) in [4.78, 5) is 19.7. The fourth-order valence-corrected chi connectivity index (χ4v) is 4.21. The molecule has 0 spiro atoms. The molecule has 2 fully saturated rings. The van der Waals surface area contributed by atoms with E-state index in [1.165, 1.54) is 19.3 Å². The normalized spacial score (nSPS) is 21.7. The van der Waals surface area contributed by atoms with E-state index in [4.69, 9.17) is 4.42 Å². The van der Waals surface area contributed by atoms with Crippen molar-refractivity contribution in [1.29, 1.82) is 0 Å². The summed E-state index contributed by atoms with van der Waals surface area (Å²) >= 11 is 0. The summed E-state index contributed by atoms with van der Waals surface area (Å²) in [5.74, 6) is 0.951.